The number of carbonyl (C=O) groups is 1. The van der Waals surface area contributed by atoms with E-state index in [0.717, 1.165) is 24.8 Å². The number of aryl methyl sites for hydroxylation is 1. The lowest BCUT2D eigenvalue weighted by molar-refractivity contribution is -0.127. The molecule has 1 N–H and O–H groups in total. The molecule has 0 aromatic heterocycles. The van der Waals surface area contributed by atoms with E-state index in [0.29, 0.717) is 23.0 Å². The number of sulfonamides is 1. The summed E-state index contributed by atoms with van der Waals surface area (Å²) >= 11 is 6.13. The molecule has 1 amide bonds. The number of rotatable bonds is 5. The minimum atomic E-state index is -3.91. The highest BCUT2D eigenvalue weighted by molar-refractivity contribution is 7.92. The Balaban J connectivity index is 1.61. The maximum atomic E-state index is 13.4. The summed E-state index contributed by atoms with van der Waals surface area (Å²) < 4.78 is 34.0. The number of ether oxygens (including phenoxy) is 1. The number of anilines is 1. The summed E-state index contributed by atoms with van der Waals surface area (Å²) in [6, 6.07) is 11.4. The van der Waals surface area contributed by atoms with Crippen LogP contribution in [-0.4, -0.2) is 33.5 Å². The predicted molar refractivity (Wildman–Crippen MR) is 121 cm³/mol. The van der Waals surface area contributed by atoms with Crippen LogP contribution in [0.15, 0.2) is 59.0 Å². The first-order valence-corrected chi connectivity index (χ1v) is 12.2. The van der Waals surface area contributed by atoms with E-state index < -0.39 is 16.1 Å². The maximum Gasteiger partial charge on any atom is 0.264 e. The monoisotopic (exact) mass is 460 g/mol. The third-order valence-corrected chi connectivity index (χ3v) is 7.60. The van der Waals surface area contributed by atoms with Crippen LogP contribution >= 0.6 is 11.6 Å². The van der Waals surface area contributed by atoms with Crippen molar-refractivity contribution in [2.24, 2.45) is 0 Å². The van der Waals surface area contributed by atoms with E-state index in [1.807, 2.05) is 6.92 Å². The van der Waals surface area contributed by atoms with Crippen molar-refractivity contribution in [3.05, 3.63) is 64.7 Å². The molecule has 0 spiro atoms. The summed E-state index contributed by atoms with van der Waals surface area (Å²) in [5, 5.41) is 3.29. The molecule has 31 heavy (non-hydrogen) atoms. The van der Waals surface area contributed by atoms with Crippen LogP contribution in [0.1, 0.15) is 31.2 Å². The van der Waals surface area contributed by atoms with Gasteiger partial charge in [-0.2, -0.15) is 0 Å². The molecule has 6 nitrogen and oxygen atoms in total. The highest BCUT2D eigenvalue weighted by Gasteiger charge is 2.37. The summed E-state index contributed by atoms with van der Waals surface area (Å²) in [4.78, 5) is 13.0. The fourth-order valence-corrected chi connectivity index (χ4v) is 5.44. The van der Waals surface area contributed by atoms with E-state index in [-0.39, 0.29) is 17.3 Å². The fraction of sp³-hybridized carbons (Fsp3) is 0.348. The van der Waals surface area contributed by atoms with Crippen LogP contribution in [0.2, 0.25) is 5.02 Å². The number of allylic oxidation sites excluding steroid dienone is 1. The van der Waals surface area contributed by atoms with E-state index in [2.05, 4.69) is 11.4 Å². The van der Waals surface area contributed by atoms with Crippen molar-refractivity contribution in [2.45, 2.75) is 43.6 Å². The molecule has 0 radical (unpaired) electrons. The Kier molecular flexibility index (Phi) is 6.25. The Morgan fingerprint density at radius 3 is 2.68 bits per heavy atom. The number of nitrogens with zero attached hydrogens (tertiary/aromatic N) is 1. The molecule has 1 aliphatic carbocycles. The number of nitrogens with one attached hydrogen (secondary N) is 1. The molecule has 2 aliphatic rings. The molecule has 1 aliphatic heterocycles. The lowest BCUT2D eigenvalue weighted by Crippen LogP contribution is -2.51. The van der Waals surface area contributed by atoms with Gasteiger partial charge >= 0.3 is 0 Å². The number of hydrogen-bond donors (Lipinski definition) is 1. The first kappa shape index (κ1) is 21.7. The summed E-state index contributed by atoms with van der Waals surface area (Å²) in [5.41, 5.74) is 2.48. The Bertz CT molecular complexity index is 1110. The quantitative estimate of drug-likeness (QED) is 0.678. The Labute approximate surface area is 187 Å². The van der Waals surface area contributed by atoms with Gasteiger partial charge in [0.15, 0.2) is 6.10 Å². The summed E-state index contributed by atoms with van der Waals surface area (Å²) in [7, 11) is -3.91. The van der Waals surface area contributed by atoms with Crippen LogP contribution in [0.5, 0.6) is 5.75 Å². The SMILES string of the molecule is Cc1ccc(S(=O)(=O)N2C[C@@H](C(=O)NCC3=CCCCC3)Oc3ccc(Cl)cc32)cc1. The van der Waals surface area contributed by atoms with E-state index in [4.69, 9.17) is 16.3 Å². The third-order valence-electron chi connectivity index (χ3n) is 5.57. The fourth-order valence-electron chi connectivity index (χ4n) is 3.81. The summed E-state index contributed by atoms with van der Waals surface area (Å²) in [6.07, 6.45) is 5.50. The summed E-state index contributed by atoms with van der Waals surface area (Å²) in [5.74, 6) is -0.0282. The van der Waals surface area contributed by atoms with Gasteiger partial charge in [0.25, 0.3) is 15.9 Å². The highest BCUT2D eigenvalue weighted by Crippen LogP contribution is 2.38. The van der Waals surface area contributed by atoms with Crippen LogP contribution < -0.4 is 14.4 Å². The molecule has 0 saturated carbocycles. The maximum absolute atomic E-state index is 13.4. The third kappa shape index (κ3) is 4.72. The van der Waals surface area contributed by atoms with Crippen LogP contribution in [-0.2, 0) is 14.8 Å². The second kappa shape index (κ2) is 8.93. The molecule has 2 aromatic carbocycles. The molecule has 164 valence electrons. The lowest BCUT2D eigenvalue weighted by Gasteiger charge is -2.35. The Morgan fingerprint density at radius 1 is 1.19 bits per heavy atom. The molecule has 0 bridgehead atoms. The predicted octanol–water partition coefficient (Wildman–Crippen LogP) is 4.22. The topological polar surface area (TPSA) is 75.7 Å². The average molecular weight is 461 g/mol. The molecule has 8 heteroatoms. The molecule has 2 aromatic rings. The van der Waals surface area contributed by atoms with Crippen molar-refractivity contribution in [1.29, 1.82) is 0 Å². The van der Waals surface area contributed by atoms with Crippen molar-refractivity contribution in [2.75, 3.05) is 17.4 Å². The van der Waals surface area contributed by atoms with Gasteiger partial charge in [-0.3, -0.25) is 9.10 Å². The van der Waals surface area contributed by atoms with E-state index in [1.165, 1.54) is 16.3 Å². The molecule has 0 fully saturated rings. The number of hydrogen-bond acceptors (Lipinski definition) is 4. The van der Waals surface area contributed by atoms with Crippen molar-refractivity contribution >= 4 is 33.2 Å². The summed E-state index contributed by atoms with van der Waals surface area (Å²) in [6.45, 7) is 2.22. The minimum Gasteiger partial charge on any atom is -0.476 e. The first-order chi connectivity index (χ1) is 14.8. The minimum absolute atomic E-state index is 0.131. The van der Waals surface area contributed by atoms with Gasteiger partial charge in [0, 0.05) is 11.6 Å². The smallest absolute Gasteiger partial charge is 0.264 e. The van der Waals surface area contributed by atoms with Crippen LogP contribution in [0.3, 0.4) is 0 Å². The zero-order valence-corrected chi connectivity index (χ0v) is 18.9. The molecule has 0 saturated heterocycles. The van der Waals surface area contributed by atoms with Crippen molar-refractivity contribution in [3.63, 3.8) is 0 Å². The number of carbonyl (C=O) groups excluding carboxylic acids is 1. The van der Waals surface area contributed by atoms with Crippen LogP contribution in [0, 0.1) is 6.92 Å². The Hall–Kier alpha value is -2.51. The molecule has 1 atom stereocenters. The number of amides is 1. The van der Waals surface area contributed by atoms with Gasteiger partial charge in [-0.05, 0) is 62.9 Å². The average Bonchev–Trinajstić information content (AvgIpc) is 2.77. The molecular formula is C23H25ClN2O4S. The molecule has 1 heterocycles. The van der Waals surface area contributed by atoms with Crippen LogP contribution in [0.25, 0.3) is 0 Å². The van der Waals surface area contributed by atoms with E-state index >= 15 is 0 Å². The molecule has 4 rings (SSSR count). The second-order valence-corrected chi connectivity index (χ2v) is 10.2. The van der Waals surface area contributed by atoms with E-state index in [1.54, 1.807) is 42.5 Å². The number of halogens is 1. The molecule has 0 unspecified atom stereocenters. The standard InChI is InChI=1S/C23H25ClN2O4S/c1-16-7-10-19(11-8-16)31(28,29)26-15-22(30-21-12-9-18(24)13-20(21)26)23(27)25-14-17-5-3-2-4-6-17/h5,7-13,22H,2-4,6,14-15H2,1H3,(H,25,27)/t22-/m0/s1. The lowest BCUT2D eigenvalue weighted by atomic mass is 10.00. The normalized spacial score (nSPS) is 18.6. The van der Waals surface area contributed by atoms with Gasteiger partial charge in [0.05, 0.1) is 17.1 Å². The van der Waals surface area contributed by atoms with Gasteiger partial charge in [-0.25, -0.2) is 8.42 Å². The van der Waals surface area contributed by atoms with Crippen molar-refractivity contribution in [3.8, 4) is 5.75 Å². The van der Waals surface area contributed by atoms with Gasteiger partial charge in [0.2, 0.25) is 0 Å². The first-order valence-electron chi connectivity index (χ1n) is 10.4. The largest absolute Gasteiger partial charge is 0.476 e. The van der Waals surface area contributed by atoms with Crippen molar-refractivity contribution in [1.82, 2.24) is 5.32 Å². The number of fused-ring (bicyclic) bond motifs is 1. The van der Waals surface area contributed by atoms with Crippen LogP contribution in [0.4, 0.5) is 5.69 Å². The van der Waals surface area contributed by atoms with E-state index in [9.17, 15) is 13.2 Å². The van der Waals surface area contributed by atoms with Gasteiger partial charge < -0.3 is 10.1 Å². The van der Waals surface area contributed by atoms with Gasteiger partial charge in [-0.1, -0.05) is 40.9 Å². The Morgan fingerprint density at radius 2 is 1.97 bits per heavy atom. The van der Waals surface area contributed by atoms with Gasteiger partial charge in [0.1, 0.15) is 5.75 Å². The van der Waals surface area contributed by atoms with Gasteiger partial charge in [-0.15, -0.1) is 0 Å². The highest BCUT2D eigenvalue weighted by atomic mass is 35.5. The second-order valence-electron chi connectivity index (χ2n) is 7.89. The zero-order chi connectivity index (χ0) is 22.0. The van der Waals surface area contributed by atoms with Crippen molar-refractivity contribution < 1.29 is 17.9 Å². The zero-order valence-electron chi connectivity index (χ0n) is 17.3. The number of benzene rings is 2. The molecular weight excluding hydrogens is 436 g/mol.